The van der Waals surface area contributed by atoms with Gasteiger partial charge in [0.05, 0.1) is 29.6 Å². The Labute approximate surface area is 384 Å². The van der Waals surface area contributed by atoms with Crippen LogP contribution in [-0.2, 0) is 42.9 Å². The Kier molecular flexibility index (Phi) is 19.6. The van der Waals surface area contributed by atoms with E-state index in [-0.39, 0.29) is 38.1 Å². The summed E-state index contributed by atoms with van der Waals surface area (Å²) in [6.07, 6.45) is 10.7. The summed E-state index contributed by atoms with van der Waals surface area (Å²) < 4.78 is 44.1. The summed E-state index contributed by atoms with van der Waals surface area (Å²) in [6.45, 7) is 10.5. The maximum atomic E-state index is 13.1. The third kappa shape index (κ3) is 17.2. The number of nitrogens with zero attached hydrogens (tertiary/aromatic N) is 2. The molecule has 0 saturated heterocycles. The van der Waals surface area contributed by atoms with Gasteiger partial charge in [0, 0.05) is 42.6 Å². The molecule has 0 fully saturated rings. The number of carbonyl (C=O) groups excluding carboxylic acids is 5. The monoisotopic (exact) mass is 915 g/mol. The van der Waals surface area contributed by atoms with Crippen LogP contribution in [0.4, 0.5) is 5.13 Å². The summed E-state index contributed by atoms with van der Waals surface area (Å²) in [4.78, 5) is 64.6. The number of benzene rings is 4. The van der Waals surface area contributed by atoms with Gasteiger partial charge in [0.1, 0.15) is 29.6 Å². The molecule has 0 aliphatic heterocycles. The fourth-order valence-electron chi connectivity index (χ4n) is 5.32. The van der Waals surface area contributed by atoms with E-state index in [4.69, 9.17) is 37.9 Å². The molecule has 1 aromatic heterocycles. The molecule has 0 bridgehead atoms. The van der Waals surface area contributed by atoms with Crippen molar-refractivity contribution in [3.8, 4) is 23.0 Å². The predicted octanol–water partition coefficient (Wildman–Crippen LogP) is 8.05. The predicted molar refractivity (Wildman–Crippen MR) is 248 cm³/mol. The van der Waals surface area contributed by atoms with Gasteiger partial charge in [-0.2, -0.15) is 5.10 Å². The van der Waals surface area contributed by atoms with Gasteiger partial charge >= 0.3 is 29.8 Å². The minimum atomic E-state index is -0.722. The molecule has 0 aliphatic rings. The van der Waals surface area contributed by atoms with Crippen LogP contribution in [0, 0.1) is 0 Å². The van der Waals surface area contributed by atoms with Gasteiger partial charge in [-0.3, -0.25) is 5.43 Å². The number of aromatic nitrogens is 1. The zero-order valence-corrected chi connectivity index (χ0v) is 36.4. The summed E-state index contributed by atoms with van der Waals surface area (Å²) in [5.74, 6) is -1.89. The molecule has 1 unspecified atom stereocenters. The highest BCUT2D eigenvalue weighted by atomic mass is 32.1. The van der Waals surface area contributed by atoms with E-state index in [1.165, 1.54) is 47.9 Å². The number of hydrogen-bond donors (Lipinski definition) is 1. The van der Waals surface area contributed by atoms with Gasteiger partial charge in [-0.1, -0.05) is 67.5 Å². The second-order valence-electron chi connectivity index (χ2n) is 13.4. The van der Waals surface area contributed by atoms with Crippen molar-refractivity contribution >= 4 is 74.9 Å². The number of thiazole rings is 1. The number of nitrogens with one attached hydrogen (secondary N) is 1. The zero-order chi connectivity index (χ0) is 46.9. The summed E-state index contributed by atoms with van der Waals surface area (Å²) in [6, 6.07) is 25.6. The molecular formula is C49H45N3O13S. The molecule has 0 radical (unpaired) electrons. The number of hydrazone groups is 1. The summed E-state index contributed by atoms with van der Waals surface area (Å²) >= 11 is 1.40. The Balaban J connectivity index is 1.17. The van der Waals surface area contributed by atoms with Crippen molar-refractivity contribution in [3.05, 3.63) is 158 Å². The van der Waals surface area contributed by atoms with Crippen LogP contribution in [-0.4, -0.2) is 80.4 Å². The van der Waals surface area contributed by atoms with E-state index < -0.39 is 36.0 Å². The third-order valence-corrected chi connectivity index (χ3v) is 9.47. The second kappa shape index (κ2) is 26.5. The number of fused-ring (bicyclic) bond motifs is 1. The average Bonchev–Trinajstić information content (AvgIpc) is 3.75. The first-order chi connectivity index (χ1) is 32.1. The third-order valence-electron chi connectivity index (χ3n) is 8.53. The summed E-state index contributed by atoms with van der Waals surface area (Å²) in [5, 5.41) is 4.83. The molecule has 1 N–H and O–H groups in total. The zero-order valence-electron chi connectivity index (χ0n) is 35.5. The van der Waals surface area contributed by atoms with E-state index in [1.54, 1.807) is 60.7 Å². The topological polar surface area (TPSA) is 196 Å². The van der Waals surface area contributed by atoms with Crippen molar-refractivity contribution in [2.24, 2.45) is 5.10 Å². The van der Waals surface area contributed by atoms with Crippen LogP contribution in [0.15, 0.2) is 146 Å². The van der Waals surface area contributed by atoms with Crippen molar-refractivity contribution < 1.29 is 61.9 Å². The Morgan fingerprint density at radius 1 is 0.667 bits per heavy atom. The lowest BCUT2D eigenvalue weighted by Crippen LogP contribution is -2.29. The summed E-state index contributed by atoms with van der Waals surface area (Å²) in [5.41, 5.74) is 5.34. The average molecular weight is 916 g/mol. The Morgan fingerprint density at radius 3 is 1.97 bits per heavy atom. The number of ether oxygens (including phenoxy) is 8. The van der Waals surface area contributed by atoms with Gasteiger partial charge < -0.3 is 37.9 Å². The van der Waals surface area contributed by atoms with Crippen LogP contribution in [0.3, 0.4) is 0 Å². The van der Waals surface area contributed by atoms with Gasteiger partial charge in [-0.25, -0.2) is 29.0 Å². The number of carbonyl (C=O) groups is 5. The Hall–Kier alpha value is -8.15. The lowest BCUT2D eigenvalue weighted by molar-refractivity contribution is -0.148. The quantitative estimate of drug-likeness (QED) is 0.00817. The first-order valence-electron chi connectivity index (χ1n) is 20.1. The number of esters is 5. The fourth-order valence-corrected chi connectivity index (χ4v) is 6.13. The molecule has 17 heteroatoms. The summed E-state index contributed by atoms with van der Waals surface area (Å²) in [7, 11) is 0. The highest BCUT2D eigenvalue weighted by Gasteiger charge is 2.15. The SMILES string of the molecule is C=CC(=O)OCCCCOCC(COc1ccc(/C=C/C(=O)Oc2ccc(OC(=O)/C=C/c3ccc(OCOC(=O)C=C)cc3)cc2/C=N/Nc2nc3ccccc3s2)cc1)OC(=O)C=C. The standard InChI is InChI=1S/C49H45N3O13S/c1-4-44(53)59-28-10-9-27-58-31-40(64-46(55)6-3)32-60-37-19-13-34(14-20-37)18-26-48(57)65-42-24-23-39(29-36(42)30-50-52-49-51-41-11-7-8-12-43(41)66-49)63-47(56)25-17-35-15-21-38(22-16-35)61-33-62-45(54)5-2/h4-8,11-26,29-30,40H,1-3,9-10,27-28,31-33H2,(H,51,52)/b25-17+,26-18+,50-30+. The molecule has 5 rings (SSSR count). The van der Waals surface area contributed by atoms with Crippen LogP contribution in [0.5, 0.6) is 23.0 Å². The second-order valence-corrected chi connectivity index (χ2v) is 14.4. The molecule has 0 aliphatic carbocycles. The molecule has 4 aromatic carbocycles. The van der Waals surface area contributed by atoms with Gasteiger partial charge in [-0.15, -0.1) is 0 Å². The molecule has 340 valence electrons. The van der Waals surface area contributed by atoms with Crippen molar-refractivity contribution in [1.82, 2.24) is 4.98 Å². The maximum Gasteiger partial charge on any atom is 0.336 e. The molecule has 16 nitrogen and oxygen atoms in total. The molecule has 66 heavy (non-hydrogen) atoms. The smallest absolute Gasteiger partial charge is 0.336 e. The molecule has 1 atom stereocenters. The van der Waals surface area contributed by atoms with E-state index in [0.717, 1.165) is 28.4 Å². The first-order valence-corrected chi connectivity index (χ1v) is 21.0. The lowest BCUT2D eigenvalue weighted by atomic mass is 10.2. The number of anilines is 1. The highest BCUT2D eigenvalue weighted by Crippen LogP contribution is 2.27. The number of rotatable bonds is 26. The van der Waals surface area contributed by atoms with Gasteiger partial charge in [0.2, 0.25) is 11.9 Å². The Morgan fingerprint density at radius 2 is 1.29 bits per heavy atom. The van der Waals surface area contributed by atoms with Crippen molar-refractivity contribution in [3.63, 3.8) is 0 Å². The van der Waals surface area contributed by atoms with E-state index in [9.17, 15) is 24.0 Å². The molecule has 1 heterocycles. The van der Waals surface area contributed by atoms with Gasteiger partial charge in [-0.05, 0) is 90.7 Å². The van der Waals surface area contributed by atoms with Crippen LogP contribution < -0.4 is 24.4 Å². The number of para-hydroxylation sites is 1. The fraction of sp³-hybridized carbons (Fsp3) is 0.163. The first kappa shape index (κ1) is 48.9. The van der Waals surface area contributed by atoms with Crippen LogP contribution in [0.25, 0.3) is 22.4 Å². The molecular weight excluding hydrogens is 871 g/mol. The number of hydrogen-bond acceptors (Lipinski definition) is 17. The van der Waals surface area contributed by atoms with E-state index in [0.29, 0.717) is 52.8 Å². The maximum absolute atomic E-state index is 13.1. The van der Waals surface area contributed by atoms with Gasteiger partial charge in [0.25, 0.3) is 0 Å². The van der Waals surface area contributed by atoms with Gasteiger partial charge in [0.15, 0.2) is 6.10 Å². The van der Waals surface area contributed by atoms with E-state index >= 15 is 0 Å². The van der Waals surface area contributed by atoms with Crippen molar-refractivity contribution in [2.75, 3.05) is 38.6 Å². The van der Waals surface area contributed by atoms with Crippen LogP contribution in [0.2, 0.25) is 0 Å². The molecule has 0 saturated carbocycles. The highest BCUT2D eigenvalue weighted by molar-refractivity contribution is 7.22. The minimum absolute atomic E-state index is 0.000636. The van der Waals surface area contributed by atoms with E-state index in [2.05, 4.69) is 35.2 Å². The largest absolute Gasteiger partial charge is 0.490 e. The molecule has 5 aromatic rings. The van der Waals surface area contributed by atoms with Crippen LogP contribution in [0.1, 0.15) is 29.5 Å². The lowest BCUT2D eigenvalue weighted by Gasteiger charge is -2.18. The Bertz CT molecular complexity index is 2530. The normalized spacial score (nSPS) is 11.5. The molecule has 0 amide bonds. The van der Waals surface area contributed by atoms with Crippen molar-refractivity contribution in [1.29, 1.82) is 0 Å². The molecule has 0 spiro atoms. The number of unbranched alkanes of at least 4 members (excludes halogenated alkanes) is 1. The minimum Gasteiger partial charge on any atom is -0.490 e. The van der Waals surface area contributed by atoms with E-state index in [1.807, 2.05) is 24.3 Å². The van der Waals surface area contributed by atoms with Crippen LogP contribution >= 0.6 is 11.3 Å². The van der Waals surface area contributed by atoms with Crippen molar-refractivity contribution in [2.45, 2.75) is 18.9 Å².